The van der Waals surface area contributed by atoms with Gasteiger partial charge in [-0.25, -0.2) is 4.98 Å². The topological polar surface area (TPSA) is 55.6 Å². The molecule has 1 N–H and O–H groups in total. The maximum Gasteiger partial charge on any atom is 0.255 e. The normalized spacial score (nSPS) is 16.5. The van der Waals surface area contributed by atoms with Gasteiger partial charge < -0.3 is 14.5 Å². The van der Waals surface area contributed by atoms with Crippen molar-refractivity contribution in [3.05, 3.63) is 70.7 Å². The molecule has 1 amide bonds. The molecule has 5 nitrogen and oxygen atoms in total. The largest absolute Gasteiger partial charge is 0.378 e. The second kappa shape index (κ2) is 6.92. The molecule has 0 spiro atoms. The Labute approximate surface area is 153 Å². The Hall–Kier alpha value is -2.66. The molecule has 26 heavy (non-hydrogen) atoms. The van der Waals surface area contributed by atoms with Crippen LogP contribution in [0.25, 0.3) is 5.65 Å². The van der Waals surface area contributed by atoms with Crippen LogP contribution in [0.2, 0.25) is 0 Å². The predicted octanol–water partition coefficient (Wildman–Crippen LogP) is 3.60. The molecule has 1 aromatic carbocycles. The van der Waals surface area contributed by atoms with Gasteiger partial charge in [0.05, 0.1) is 23.9 Å². The van der Waals surface area contributed by atoms with Gasteiger partial charge in [0.15, 0.2) is 0 Å². The molecule has 3 aromatic rings. The van der Waals surface area contributed by atoms with Crippen molar-refractivity contribution in [1.29, 1.82) is 0 Å². The van der Waals surface area contributed by atoms with Gasteiger partial charge in [-0.05, 0) is 49.4 Å². The summed E-state index contributed by atoms with van der Waals surface area (Å²) in [4.78, 5) is 17.6. The molecule has 2 aromatic heterocycles. The Balaban J connectivity index is 1.65. The second-order valence-corrected chi connectivity index (χ2v) is 6.86. The minimum absolute atomic E-state index is 0.0608. The highest BCUT2D eigenvalue weighted by molar-refractivity contribution is 6.00. The Morgan fingerprint density at radius 3 is 3.04 bits per heavy atom. The first kappa shape index (κ1) is 16.8. The first-order valence-electron chi connectivity index (χ1n) is 9.02. The Morgan fingerprint density at radius 1 is 1.35 bits per heavy atom. The summed E-state index contributed by atoms with van der Waals surface area (Å²) in [5, 5.41) is 3.22. The smallest absolute Gasteiger partial charge is 0.255 e. The minimum atomic E-state index is -0.0735. The number of benzene rings is 1. The van der Waals surface area contributed by atoms with Crippen LogP contribution in [0, 0.1) is 6.92 Å². The molecule has 134 valence electrons. The van der Waals surface area contributed by atoms with E-state index in [2.05, 4.69) is 28.5 Å². The number of amides is 1. The van der Waals surface area contributed by atoms with Crippen LogP contribution in [0.3, 0.4) is 0 Å². The molecule has 0 saturated heterocycles. The summed E-state index contributed by atoms with van der Waals surface area (Å²) in [6, 6.07) is 12.3. The summed E-state index contributed by atoms with van der Waals surface area (Å²) >= 11 is 0. The van der Waals surface area contributed by atoms with E-state index in [4.69, 9.17) is 4.74 Å². The number of aryl methyl sites for hydroxylation is 2. The molecule has 2 heterocycles. The zero-order chi connectivity index (χ0) is 18.1. The fourth-order valence-electron chi connectivity index (χ4n) is 3.84. The fraction of sp³-hybridized carbons (Fsp3) is 0.333. The van der Waals surface area contributed by atoms with Crippen LogP contribution >= 0.6 is 0 Å². The number of ether oxygens (including phenoxy) is 1. The minimum Gasteiger partial charge on any atom is -0.378 e. The van der Waals surface area contributed by atoms with Gasteiger partial charge in [0.25, 0.3) is 5.91 Å². The molecule has 4 rings (SSSR count). The van der Waals surface area contributed by atoms with E-state index in [-0.39, 0.29) is 11.9 Å². The Bertz CT molecular complexity index is 961. The van der Waals surface area contributed by atoms with E-state index in [1.165, 1.54) is 11.1 Å². The molecule has 1 unspecified atom stereocenters. The number of hydrogen-bond donors (Lipinski definition) is 1. The van der Waals surface area contributed by atoms with Crippen LogP contribution in [-0.4, -0.2) is 22.4 Å². The second-order valence-electron chi connectivity index (χ2n) is 6.86. The maximum atomic E-state index is 13.0. The zero-order valence-corrected chi connectivity index (χ0v) is 15.2. The van der Waals surface area contributed by atoms with Crippen LogP contribution in [-0.2, 0) is 17.8 Å². The SMILES string of the molecule is COCc1cc(C)n2ccc(C(=O)NC3CCCc4ccccc43)c2n1. The average molecular weight is 349 g/mol. The van der Waals surface area contributed by atoms with Crippen molar-refractivity contribution in [3.63, 3.8) is 0 Å². The highest BCUT2D eigenvalue weighted by atomic mass is 16.5. The number of carbonyl (C=O) groups excluding carboxylic acids is 1. The fourth-order valence-corrected chi connectivity index (χ4v) is 3.84. The van der Waals surface area contributed by atoms with E-state index in [1.54, 1.807) is 7.11 Å². The lowest BCUT2D eigenvalue weighted by molar-refractivity contribution is 0.0934. The summed E-state index contributed by atoms with van der Waals surface area (Å²) in [6.07, 6.45) is 5.04. The molecule has 0 bridgehead atoms. The molecule has 0 radical (unpaired) electrons. The molecular formula is C21H23N3O2. The summed E-state index contributed by atoms with van der Waals surface area (Å²) in [5.74, 6) is -0.0735. The van der Waals surface area contributed by atoms with E-state index in [0.717, 1.165) is 30.7 Å². The van der Waals surface area contributed by atoms with Crippen LogP contribution < -0.4 is 5.32 Å². The van der Waals surface area contributed by atoms with Gasteiger partial charge in [-0.2, -0.15) is 0 Å². The van der Waals surface area contributed by atoms with Gasteiger partial charge >= 0.3 is 0 Å². The number of nitrogens with one attached hydrogen (secondary N) is 1. The summed E-state index contributed by atoms with van der Waals surface area (Å²) in [5.41, 5.74) is 5.71. The highest BCUT2D eigenvalue weighted by Gasteiger charge is 2.23. The number of carbonyl (C=O) groups is 1. The lowest BCUT2D eigenvalue weighted by Gasteiger charge is -2.26. The Kier molecular flexibility index (Phi) is 4.47. The predicted molar refractivity (Wildman–Crippen MR) is 100 cm³/mol. The quantitative estimate of drug-likeness (QED) is 0.783. The monoisotopic (exact) mass is 349 g/mol. The van der Waals surface area contributed by atoms with E-state index < -0.39 is 0 Å². The van der Waals surface area contributed by atoms with Gasteiger partial charge in [0, 0.05) is 19.0 Å². The molecule has 1 aliphatic rings. The van der Waals surface area contributed by atoms with Crippen LogP contribution in [0.15, 0.2) is 42.6 Å². The van der Waals surface area contributed by atoms with Crippen LogP contribution in [0.4, 0.5) is 0 Å². The van der Waals surface area contributed by atoms with Crippen molar-refractivity contribution in [3.8, 4) is 0 Å². The molecule has 1 aliphatic carbocycles. The maximum absolute atomic E-state index is 13.0. The van der Waals surface area contributed by atoms with Gasteiger partial charge in [0.1, 0.15) is 5.65 Å². The molecular weight excluding hydrogens is 326 g/mol. The zero-order valence-electron chi connectivity index (χ0n) is 15.2. The van der Waals surface area contributed by atoms with Gasteiger partial charge in [0.2, 0.25) is 0 Å². The molecule has 1 atom stereocenters. The van der Waals surface area contributed by atoms with Gasteiger partial charge in [-0.15, -0.1) is 0 Å². The third-order valence-electron chi connectivity index (χ3n) is 5.08. The number of methoxy groups -OCH3 is 1. The van der Waals surface area contributed by atoms with E-state index in [0.29, 0.717) is 17.8 Å². The third kappa shape index (κ3) is 2.99. The van der Waals surface area contributed by atoms with Crippen LogP contribution in [0.1, 0.15) is 51.8 Å². The van der Waals surface area contributed by atoms with Crippen molar-refractivity contribution < 1.29 is 9.53 Å². The molecule has 0 aliphatic heterocycles. The standard InChI is InChI=1S/C21H23N3O2/c1-14-12-16(13-26-2)22-20-18(10-11-24(14)20)21(25)23-19-9-5-7-15-6-3-4-8-17(15)19/h3-4,6,8,10-12,19H,5,7,9,13H2,1-2H3,(H,23,25). The van der Waals surface area contributed by atoms with Crippen LogP contribution in [0.5, 0.6) is 0 Å². The van der Waals surface area contributed by atoms with Crippen molar-refractivity contribution in [1.82, 2.24) is 14.7 Å². The summed E-state index contributed by atoms with van der Waals surface area (Å²) in [7, 11) is 1.65. The lowest BCUT2D eigenvalue weighted by atomic mass is 9.87. The van der Waals surface area contributed by atoms with Crippen molar-refractivity contribution in [2.75, 3.05) is 7.11 Å². The van der Waals surface area contributed by atoms with E-state index in [1.807, 2.05) is 35.7 Å². The number of nitrogens with zero attached hydrogens (tertiary/aromatic N) is 2. The third-order valence-corrected chi connectivity index (χ3v) is 5.08. The van der Waals surface area contributed by atoms with Crippen molar-refractivity contribution in [2.24, 2.45) is 0 Å². The first-order chi connectivity index (χ1) is 12.7. The summed E-state index contributed by atoms with van der Waals surface area (Å²) < 4.78 is 7.14. The van der Waals surface area contributed by atoms with E-state index >= 15 is 0 Å². The highest BCUT2D eigenvalue weighted by Crippen LogP contribution is 2.30. The molecule has 0 fully saturated rings. The summed E-state index contributed by atoms with van der Waals surface area (Å²) in [6.45, 7) is 2.44. The van der Waals surface area contributed by atoms with Crippen molar-refractivity contribution in [2.45, 2.75) is 38.8 Å². The molecule has 5 heteroatoms. The van der Waals surface area contributed by atoms with Gasteiger partial charge in [-0.3, -0.25) is 4.79 Å². The number of hydrogen-bond acceptors (Lipinski definition) is 3. The number of fused-ring (bicyclic) bond motifs is 2. The number of aromatic nitrogens is 2. The first-order valence-corrected chi connectivity index (χ1v) is 9.02. The number of rotatable bonds is 4. The van der Waals surface area contributed by atoms with Crippen molar-refractivity contribution >= 4 is 11.6 Å². The molecule has 0 saturated carbocycles. The van der Waals surface area contributed by atoms with Gasteiger partial charge in [-0.1, -0.05) is 24.3 Å². The lowest BCUT2D eigenvalue weighted by Crippen LogP contribution is -2.31. The average Bonchev–Trinajstić information content (AvgIpc) is 3.07. The Morgan fingerprint density at radius 2 is 2.19 bits per heavy atom. The van der Waals surface area contributed by atoms with E-state index in [9.17, 15) is 4.79 Å².